The van der Waals surface area contributed by atoms with Crippen molar-refractivity contribution in [2.24, 2.45) is 0 Å². The van der Waals surface area contributed by atoms with Crippen molar-refractivity contribution < 1.29 is 9.53 Å². The van der Waals surface area contributed by atoms with Gasteiger partial charge in [-0.15, -0.1) is 6.42 Å². The number of benzene rings is 1. The summed E-state index contributed by atoms with van der Waals surface area (Å²) in [6.07, 6.45) is 7.07. The fraction of sp³-hybridized carbons (Fsp3) is 0.400. The molecule has 90 valence electrons. The standard InChI is InChI=1S/C15H18O2/c1-4-6-11-17-15(5-2)14-10-8-7-9-13(14)12(3)16/h2,7-10,15H,4,6,11H2,1,3H3. The Labute approximate surface area is 103 Å². The van der Waals surface area contributed by atoms with Crippen molar-refractivity contribution in [2.45, 2.75) is 32.8 Å². The maximum Gasteiger partial charge on any atom is 0.160 e. The van der Waals surface area contributed by atoms with E-state index in [1.165, 1.54) is 0 Å². The highest BCUT2D eigenvalue weighted by Gasteiger charge is 2.15. The lowest BCUT2D eigenvalue weighted by Crippen LogP contribution is -2.08. The molecule has 0 bridgehead atoms. The van der Waals surface area contributed by atoms with E-state index in [2.05, 4.69) is 12.8 Å². The molecule has 1 atom stereocenters. The van der Waals surface area contributed by atoms with Crippen LogP contribution in [0.5, 0.6) is 0 Å². The van der Waals surface area contributed by atoms with Crippen molar-refractivity contribution in [3.8, 4) is 12.3 Å². The maximum atomic E-state index is 11.5. The molecule has 1 aromatic carbocycles. The minimum absolute atomic E-state index is 0.0138. The monoisotopic (exact) mass is 230 g/mol. The van der Waals surface area contributed by atoms with Crippen LogP contribution in [0.15, 0.2) is 24.3 Å². The first kappa shape index (κ1) is 13.5. The van der Waals surface area contributed by atoms with Crippen LogP contribution in [0.3, 0.4) is 0 Å². The zero-order valence-corrected chi connectivity index (χ0v) is 10.4. The normalized spacial score (nSPS) is 11.8. The van der Waals surface area contributed by atoms with Gasteiger partial charge in [-0.2, -0.15) is 0 Å². The van der Waals surface area contributed by atoms with Gasteiger partial charge in [-0.1, -0.05) is 43.5 Å². The summed E-state index contributed by atoms with van der Waals surface area (Å²) >= 11 is 0. The molecule has 0 aliphatic carbocycles. The van der Waals surface area contributed by atoms with Crippen LogP contribution < -0.4 is 0 Å². The van der Waals surface area contributed by atoms with Gasteiger partial charge in [0.05, 0.1) is 0 Å². The van der Waals surface area contributed by atoms with Crippen LogP contribution in [-0.4, -0.2) is 12.4 Å². The fourth-order valence-electron chi connectivity index (χ4n) is 1.62. The van der Waals surface area contributed by atoms with Crippen LogP contribution in [0.2, 0.25) is 0 Å². The highest BCUT2D eigenvalue weighted by Crippen LogP contribution is 2.21. The average Bonchev–Trinajstić information content (AvgIpc) is 2.35. The Hall–Kier alpha value is -1.59. The van der Waals surface area contributed by atoms with Crippen LogP contribution in [0.4, 0.5) is 0 Å². The Morgan fingerprint density at radius 3 is 2.76 bits per heavy atom. The summed E-state index contributed by atoms with van der Waals surface area (Å²) in [5, 5.41) is 0. The quantitative estimate of drug-likeness (QED) is 0.425. The van der Waals surface area contributed by atoms with Gasteiger partial charge in [-0.05, 0) is 13.3 Å². The third-order valence-corrected chi connectivity index (χ3v) is 2.56. The molecule has 0 aliphatic heterocycles. The zero-order valence-electron chi connectivity index (χ0n) is 10.4. The molecule has 2 heteroatoms. The third-order valence-electron chi connectivity index (χ3n) is 2.56. The summed E-state index contributed by atoms with van der Waals surface area (Å²) in [4.78, 5) is 11.5. The molecule has 1 rings (SSSR count). The summed E-state index contributed by atoms with van der Waals surface area (Å²) in [6.45, 7) is 4.26. The van der Waals surface area contributed by atoms with Crippen LogP contribution in [-0.2, 0) is 4.74 Å². The Morgan fingerprint density at radius 1 is 1.47 bits per heavy atom. The average molecular weight is 230 g/mol. The Balaban J connectivity index is 2.88. The van der Waals surface area contributed by atoms with Gasteiger partial charge < -0.3 is 4.74 Å². The molecule has 0 saturated carbocycles. The molecule has 0 radical (unpaired) electrons. The zero-order chi connectivity index (χ0) is 12.7. The second kappa shape index (κ2) is 6.88. The molecule has 0 fully saturated rings. The van der Waals surface area contributed by atoms with Gasteiger partial charge in [0.25, 0.3) is 0 Å². The first-order valence-electron chi connectivity index (χ1n) is 5.88. The first-order chi connectivity index (χ1) is 8.20. The number of terminal acetylenes is 1. The van der Waals surface area contributed by atoms with Crippen molar-refractivity contribution >= 4 is 5.78 Å². The number of ketones is 1. The Bertz CT molecular complexity index is 415. The number of rotatable bonds is 6. The highest BCUT2D eigenvalue weighted by molar-refractivity contribution is 5.95. The smallest absolute Gasteiger partial charge is 0.160 e. The lowest BCUT2D eigenvalue weighted by molar-refractivity contribution is 0.0867. The van der Waals surface area contributed by atoms with Crippen LogP contribution in [0.25, 0.3) is 0 Å². The third kappa shape index (κ3) is 3.72. The largest absolute Gasteiger partial charge is 0.361 e. The number of carbonyl (C=O) groups is 1. The molecule has 1 unspecified atom stereocenters. The van der Waals surface area contributed by atoms with Gasteiger partial charge in [0.2, 0.25) is 0 Å². The topological polar surface area (TPSA) is 26.3 Å². The van der Waals surface area contributed by atoms with E-state index in [0.29, 0.717) is 12.2 Å². The summed E-state index contributed by atoms with van der Waals surface area (Å²) in [5.74, 6) is 2.61. The van der Waals surface area contributed by atoms with E-state index in [1.54, 1.807) is 13.0 Å². The molecule has 0 aliphatic rings. The van der Waals surface area contributed by atoms with Crippen molar-refractivity contribution in [2.75, 3.05) is 6.61 Å². The summed E-state index contributed by atoms with van der Waals surface area (Å²) in [6, 6.07) is 7.34. The van der Waals surface area contributed by atoms with Gasteiger partial charge in [0, 0.05) is 17.7 Å². The van der Waals surface area contributed by atoms with E-state index in [0.717, 1.165) is 18.4 Å². The van der Waals surface area contributed by atoms with Crippen molar-refractivity contribution in [3.63, 3.8) is 0 Å². The number of hydrogen-bond donors (Lipinski definition) is 0. The minimum atomic E-state index is -0.429. The molecule has 0 saturated heterocycles. The van der Waals surface area contributed by atoms with Crippen molar-refractivity contribution in [3.05, 3.63) is 35.4 Å². The Kier molecular flexibility index (Phi) is 5.45. The summed E-state index contributed by atoms with van der Waals surface area (Å²) < 4.78 is 5.62. The van der Waals surface area contributed by atoms with E-state index in [1.807, 2.05) is 18.2 Å². The number of ether oxygens (including phenoxy) is 1. The first-order valence-corrected chi connectivity index (χ1v) is 5.88. The molecule has 17 heavy (non-hydrogen) atoms. The van der Waals surface area contributed by atoms with E-state index >= 15 is 0 Å². The molecule has 0 heterocycles. The lowest BCUT2D eigenvalue weighted by atomic mass is 10.00. The predicted molar refractivity (Wildman–Crippen MR) is 68.9 cm³/mol. The number of Topliss-reactive ketones (excluding diaryl/α,β-unsaturated/α-hetero) is 1. The molecule has 0 spiro atoms. The van der Waals surface area contributed by atoms with Crippen LogP contribution >= 0.6 is 0 Å². The van der Waals surface area contributed by atoms with Crippen molar-refractivity contribution in [1.82, 2.24) is 0 Å². The van der Waals surface area contributed by atoms with E-state index < -0.39 is 6.10 Å². The summed E-state index contributed by atoms with van der Waals surface area (Å²) in [7, 11) is 0. The summed E-state index contributed by atoms with van der Waals surface area (Å²) in [5.41, 5.74) is 1.44. The lowest BCUT2D eigenvalue weighted by Gasteiger charge is -2.15. The van der Waals surface area contributed by atoms with E-state index in [-0.39, 0.29) is 5.78 Å². The molecular formula is C15H18O2. The van der Waals surface area contributed by atoms with Gasteiger partial charge in [-0.25, -0.2) is 0 Å². The molecular weight excluding hydrogens is 212 g/mol. The number of carbonyl (C=O) groups excluding carboxylic acids is 1. The SMILES string of the molecule is C#CC(OCCCC)c1ccccc1C(C)=O. The highest BCUT2D eigenvalue weighted by atomic mass is 16.5. The van der Waals surface area contributed by atoms with Crippen molar-refractivity contribution in [1.29, 1.82) is 0 Å². The number of unbranched alkanes of at least 4 members (excludes halogenated alkanes) is 1. The molecule has 0 amide bonds. The van der Waals surface area contributed by atoms with Gasteiger partial charge in [-0.3, -0.25) is 4.79 Å². The molecule has 2 nitrogen and oxygen atoms in total. The van der Waals surface area contributed by atoms with Gasteiger partial charge in [0.1, 0.15) is 6.10 Å². The molecule has 0 aromatic heterocycles. The predicted octanol–water partition coefficient (Wildman–Crippen LogP) is 3.38. The fourth-order valence-corrected chi connectivity index (χ4v) is 1.62. The van der Waals surface area contributed by atoms with Crippen LogP contribution in [0, 0.1) is 12.3 Å². The second-order valence-corrected chi connectivity index (χ2v) is 3.91. The van der Waals surface area contributed by atoms with Crippen LogP contribution in [0.1, 0.15) is 48.7 Å². The Morgan fingerprint density at radius 2 is 2.18 bits per heavy atom. The van der Waals surface area contributed by atoms with Gasteiger partial charge in [0.15, 0.2) is 5.78 Å². The minimum Gasteiger partial charge on any atom is -0.361 e. The second-order valence-electron chi connectivity index (χ2n) is 3.91. The maximum absolute atomic E-state index is 11.5. The molecule has 1 aromatic rings. The number of hydrogen-bond acceptors (Lipinski definition) is 2. The van der Waals surface area contributed by atoms with Gasteiger partial charge >= 0.3 is 0 Å². The van der Waals surface area contributed by atoms with E-state index in [9.17, 15) is 4.79 Å². The molecule has 0 N–H and O–H groups in total. The van der Waals surface area contributed by atoms with E-state index in [4.69, 9.17) is 11.2 Å².